The van der Waals surface area contributed by atoms with Crippen LogP contribution in [-0.2, 0) is 10.5 Å². The minimum atomic E-state index is -0.0419. The normalized spacial score (nSPS) is 11.1. The van der Waals surface area contributed by atoms with Gasteiger partial charge in [-0.15, -0.1) is 11.3 Å². The number of hydrogen-bond acceptors (Lipinski definition) is 5. The Morgan fingerprint density at radius 1 is 1.25 bits per heavy atom. The van der Waals surface area contributed by atoms with E-state index in [1.807, 2.05) is 62.0 Å². The molecule has 0 radical (unpaired) electrons. The minimum absolute atomic E-state index is 0.0419. The molecular formula is C21H20N4OS2. The van der Waals surface area contributed by atoms with Crippen molar-refractivity contribution in [2.75, 3.05) is 4.90 Å². The van der Waals surface area contributed by atoms with Gasteiger partial charge in [0, 0.05) is 24.3 Å². The quantitative estimate of drug-likeness (QED) is 0.416. The number of thiazole rings is 1. The number of rotatable bonds is 5. The molecule has 0 N–H and O–H groups in total. The van der Waals surface area contributed by atoms with Crippen LogP contribution >= 0.6 is 23.1 Å². The fourth-order valence-electron chi connectivity index (χ4n) is 3.09. The highest BCUT2D eigenvalue weighted by molar-refractivity contribution is 7.98. The lowest BCUT2D eigenvalue weighted by Gasteiger charge is -2.20. The van der Waals surface area contributed by atoms with E-state index in [0.29, 0.717) is 10.9 Å². The van der Waals surface area contributed by atoms with Crippen molar-refractivity contribution in [2.24, 2.45) is 0 Å². The van der Waals surface area contributed by atoms with Crippen LogP contribution in [0.3, 0.4) is 0 Å². The Bertz CT molecular complexity index is 1150. The number of hydrogen-bond donors (Lipinski definition) is 0. The van der Waals surface area contributed by atoms with Gasteiger partial charge in [-0.05, 0) is 37.6 Å². The number of benzene rings is 1. The third-order valence-electron chi connectivity index (χ3n) is 4.39. The third kappa shape index (κ3) is 3.68. The van der Waals surface area contributed by atoms with Crippen LogP contribution in [0.15, 0.2) is 59.3 Å². The fourth-order valence-corrected chi connectivity index (χ4v) is 4.94. The zero-order valence-corrected chi connectivity index (χ0v) is 17.5. The van der Waals surface area contributed by atoms with Crippen LogP contribution in [0.25, 0.3) is 5.52 Å². The van der Waals surface area contributed by atoms with Gasteiger partial charge in [0.25, 0.3) is 0 Å². The molecule has 4 aromatic rings. The molecule has 0 saturated heterocycles. The first kappa shape index (κ1) is 18.7. The maximum absolute atomic E-state index is 12.4. The van der Waals surface area contributed by atoms with Crippen LogP contribution in [0, 0.1) is 13.8 Å². The van der Waals surface area contributed by atoms with Gasteiger partial charge in [0.1, 0.15) is 0 Å². The number of carbonyl (C=O) groups is 1. The molecule has 4 rings (SSSR count). The second-order valence-electron chi connectivity index (χ2n) is 6.59. The number of thioether (sulfide) groups is 1. The molecule has 1 amide bonds. The minimum Gasteiger partial charge on any atom is -0.295 e. The Kier molecular flexibility index (Phi) is 5.19. The van der Waals surface area contributed by atoms with Gasteiger partial charge in [-0.25, -0.2) is 9.97 Å². The summed E-state index contributed by atoms with van der Waals surface area (Å²) in [4.78, 5) is 23.3. The van der Waals surface area contributed by atoms with E-state index in [-0.39, 0.29) is 5.91 Å². The number of aryl methyl sites for hydroxylation is 2. The van der Waals surface area contributed by atoms with Crippen molar-refractivity contribution < 1.29 is 4.79 Å². The van der Waals surface area contributed by atoms with E-state index in [4.69, 9.17) is 4.98 Å². The highest BCUT2D eigenvalue weighted by atomic mass is 32.2. The van der Waals surface area contributed by atoms with Gasteiger partial charge in [-0.2, -0.15) is 0 Å². The summed E-state index contributed by atoms with van der Waals surface area (Å²) in [6, 6.07) is 12.1. The molecule has 0 fully saturated rings. The van der Waals surface area contributed by atoms with Gasteiger partial charge in [0.2, 0.25) is 5.91 Å². The first-order valence-corrected chi connectivity index (χ1v) is 10.8. The zero-order chi connectivity index (χ0) is 19.7. The van der Waals surface area contributed by atoms with Crippen molar-refractivity contribution in [3.8, 4) is 0 Å². The number of anilines is 2. The lowest BCUT2D eigenvalue weighted by atomic mass is 10.1. The summed E-state index contributed by atoms with van der Waals surface area (Å²) in [6.07, 6.45) is 3.88. The van der Waals surface area contributed by atoms with Crippen molar-refractivity contribution in [2.45, 2.75) is 31.7 Å². The van der Waals surface area contributed by atoms with E-state index in [1.54, 1.807) is 23.6 Å². The molecule has 0 aliphatic rings. The maximum Gasteiger partial charge on any atom is 0.230 e. The lowest BCUT2D eigenvalue weighted by Crippen LogP contribution is -2.23. The number of imidazole rings is 1. The molecule has 5 nitrogen and oxygen atoms in total. The fraction of sp³-hybridized carbons (Fsp3) is 0.190. The highest BCUT2D eigenvalue weighted by Gasteiger charge is 2.20. The standard InChI is InChI=1S/C21H20N4OS2/c1-14-7-8-19(15(2)10-14)25(16(3)26)21-23-17(13-28-21)12-27-20-22-11-18-6-4-5-9-24(18)20/h4-11,13H,12H2,1-3H3. The van der Waals surface area contributed by atoms with Gasteiger partial charge in [0.05, 0.1) is 23.1 Å². The van der Waals surface area contributed by atoms with Crippen LogP contribution in [0.4, 0.5) is 10.8 Å². The molecule has 0 bridgehead atoms. The molecule has 0 saturated carbocycles. The van der Waals surface area contributed by atoms with E-state index in [0.717, 1.165) is 27.6 Å². The summed E-state index contributed by atoms with van der Waals surface area (Å²) >= 11 is 3.12. The maximum atomic E-state index is 12.4. The Hall–Kier alpha value is -2.64. The summed E-state index contributed by atoms with van der Waals surface area (Å²) in [6.45, 7) is 5.64. The van der Waals surface area contributed by atoms with Crippen molar-refractivity contribution in [1.82, 2.24) is 14.4 Å². The van der Waals surface area contributed by atoms with Crippen molar-refractivity contribution >= 4 is 45.3 Å². The summed E-state index contributed by atoms with van der Waals surface area (Å²) < 4.78 is 2.06. The number of amides is 1. The second-order valence-corrected chi connectivity index (χ2v) is 8.37. The molecule has 0 unspecified atom stereocenters. The number of fused-ring (bicyclic) bond motifs is 1. The summed E-state index contributed by atoms with van der Waals surface area (Å²) in [5.41, 5.74) is 5.12. The van der Waals surface area contributed by atoms with Crippen LogP contribution < -0.4 is 4.90 Å². The number of aromatic nitrogens is 3. The summed E-state index contributed by atoms with van der Waals surface area (Å²) in [5.74, 6) is 0.656. The molecule has 0 aliphatic carbocycles. The third-order valence-corrected chi connectivity index (χ3v) is 6.27. The second kappa shape index (κ2) is 7.77. The van der Waals surface area contributed by atoms with E-state index in [9.17, 15) is 4.79 Å². The molecule has 28 heavy (non-hydrogen) atoms. The van der Waals surface area contributed by atoms with Crippen molar-refractivity contribution in [3.63, 3.8) is 0 Å². The van der Waals surface area contributed by atoms with Gasteiger partial charge >= 0.3 is 0 Å². The Morgan fingerprint density at radius 3 is 2.89 bits per heavy atom. The molecule has 1 aromatic carbocycles. The molecule has 142 valence electrons. The molecule has 0 atom stereocenters. The Balaban J connectivity index is 1.56. The average molecular weight is 409 g/mol. The van der Waals surface area contributed by atoms with Gasteiger partial charge in [-0.3, -0.25) is 14.1 Å². The number of carbonyl (C=O) groups excluding carboxylic acids is 1. The van der Waals surface area contributed by atoms with Gasteiger partial charge in [-0.1, -0.05) is 35.5 Å². The predicted octanol–water partition coefficient (Wildman–Crippen LogP) is 5.38. The Labute approximate surface area is 172 Å². The predicted molar refractivity (Wildman–Crippen MR) is 116 cm³/mol. The smallest absolute Gasteiger partial charge is 0.230 e. The first-order valence-electron chi connectivity index (χ1n) is 8.90. The van der Waals surface area contributed by atoms with Gasteiger partial charge in [0.15, 0.2) is 10.3 Å². The van der Waals surface area contributed by atoms with Crippen LogP contribution in [0.5, 0.6) is 0 Å². The van der Waals surface area contributed by atoms with Crippen LogP contribution in [-0.4, -0.2) is 20.3 Å². The van der Waals surface area contributed by atoms with Crippen molar-refractivity contribution in [3.05, 3.63) is 71.0 Å². The van der Waals surface area contributed by atoms with Gasteiger partial charge < -0.3 is 0 Å². The van der Waals surface area contributed by atoms with Crippen LogP contribution in [0.1, 0.15) is 23.7 Å². The molecule has 3 heterocycles. The molecule has 7 heteroatoms. The largest absolute Gasteiger partial charge is 0.295 e. The molecule has 0 spiro atoms. The molecule has 0 aliphatic heterocycles. The van der Waals surface area contributed by atoms with E-state index < -0.39 is 0 Å². The van der Waals surface area contributed by atoms with Crippen LogP contribution in [0.2, 0.25) is 0 Å². The average Bonchev–Trinajstić information content (AvgIpc) is 3.29. The SMILES string of the molecule is CC(=O)N(c1nc(CSc2ncc3ccccn23)cs1)c1ccc(C)cc1C. The molecule has 3 aromatic heterocycles. The topological polar surface area (TPSA) is 50.5 Å². The highest BCUT2D eigenvalue weighted by Crippen LogP contribution is 2.33. The monoisotopic (exact) mass is 408 g/mol. The van der Waals surface area contributed by atoms with E-state index >= 15 is 0 Å². The van der Waals surface area contributed by atoms with Crippen molar-refractivity contribution in [1.29, 1.82) is 0 Å². The number of nitrogens with zero attached hydrogens (tertiary/aromatic N) is 4. The van der Waals surface area contributed by atoms with E-state index in [2.05, 4.69) is 15.5 Å². The lowest BCUT2D eigenvalue weighted by molar-refractivity contribution is -0.115. The Morgan fingerprint density at radius 2 is 2.11 bits per heavy atom. The number of pyridine rings is 1. The molecular weight excluding hydrogens is 388 g/mol. The zero-order valence-electron chi connectivity index (χ0n) is 15.9. The summed E-state index contributed by atoms with van der Waals surface area (Å²) in [7, 11) is 0. The first-order chi connectivity index (χ1) is 13.5. The summed E-state index contributed by atoms with van der Waals surface area (Å²) in [5, 5.41) is 3.64. The van der Waals surface area contributed by atoms with E-state index in [1.165, 1.54) is 16.9 Å².